The van der Waals surface area contributed by atoms with Crippen molar-refractivity contribution in [1.82, 2.24) is 35.1 Å². The predicted molar refractivity (Wildman–Crippen MR) is 134 cm³/mol. The second-order valence-corrected chi connectivity index (χ2v) is 7.57. The molecule has 0 amide bonds. The minimum absolute atomic E-state index is 0. The number of piperidine rings is 1. The van der Waals surface area contributed by atoms with Crippen molar-refractivity contribution in [3.05, 3.63) is 60.3 Å². The van der Waals surface area contributed by atoms with Crippen molar-refractivity contribution in [1.29, 1.82) is 0 Å². The molecular weight excluding hydrogens is 503 g/mol. The summed E-state index contributed by atoms with van der Waals surface area (Å²) in [6, 6.07) is 12.5. The third-order valence-corrected chi connectivity index (χ3v) is 5.37. The van der Waals surface area contributed by atoms with Crippen LogP contribution >= 0.6 is 24.0 Å². The smallest absolute Gasteiger partial charge is 0.191 e. The van der Waals surface area contributed by atoms with Crippen LogP contribution in [0.2, 0.25) is 0 Å². The van der Waals surface area contributed by atoms with Crippen LogP contribution < -0.4 is 10.6 Å². The number of rotatable bonds is 7. The Morgan fingerprint density at radius 3 is 2.74 bits per heavy atom. The van der Waals surface area contributed by atoms with Crippen LogP contribution in [-0.4, -0.2) is 62.7 Å². The van der Waals surface area contributed by atoms with Gasteiger partial charge < -0.3 is 10.6 Å². The third-order valence-electron chi connectivity index (χ3n) is 5.37. The van der Waals surface area contributed by atoms with E-state index in [4.69, 9.17) is 4.99 Å². The van der Waals surface area contributed by atoms with E-state index in [9.17, 15) is 0 Å². The molecule has 166 valence electrons. The average Bonchev–Trinajstić information content (AvgIpc) is 3.19. The molecule has 31 heavy (non-hydrogen) atoms. The fourth-order valence-corrected chi connectivity index (χ4v) is 3.80. The zero-order chi connectivity index (χ0) is 20.6. The molecule has 0 bridgehead atoms. The molecule has 0 unspecified atom stereocenters. The van der Waals surface area contributed by atoms with E-state index >= 15 is 0 Å². The highest BCUT2D eigenvalue weighted by Crippen LogP contribution is 2.13. The number of nitrogens with one attached hydrogen (secondary N) is 2. The summed E-state index contributed by atoms with van der Waals surface area (Å²) in [5, 5.41) is 15.5. The van der Waals surface area contributed by atoms with E-state index in [1.807, 2.05) is 41.1 Å². The van der Waals surface area contributed by atoms with E-state index in [2.05, 4.69) is 49.8 Å². The Kier molecular flexibility index (Phi) is 9.01. The van der Waals surface area contributed by atoms with E-state index in [0.717, 1.165) is 68.6 Å². The molecule has 0 radical (unpaired) electrons. The van der Waals surface area contributed by atoms with Crippen molar-refractivity contribution in [3.8, 4) is 0 Å². The lowest BCUT2D eigenvalue weighted by Gasteiger charge is -2.32. The molecule has 4 rings (SSSR count). The van der Waals surface area contributed by atoms with Crippen LogP contribution in [0, 0.1) is 0 Å². The maximum Gasteiger partial charge on any atom is 0.191 e. The molecule has 0 aliphatic carbocycles. The normalized spacial score (nSPS) is 15.6. The van der Waals surface area contributed by atoms with E-state index < -0.39 is 0 Å². The topological polar surface area (TPSA) is 82.7 Å². The molecule has 1 aliphatic rings. The lowest BCUT2D eigenvalue weighted by molar-refractivity contribution is 0.196. The highest BCUT2D eigenvalue weighted by atomic mass is 127. The van der Waals surface area contributed by atoms with Gasteiger partial charge in [-0.1, -0.05) is 12.1 Å². The maximum absolute atomic E-state index is 4.77. The molecule has 9 heteroatoms. The number of pyridine rings is 2. The summed E-state index contributed by atoms with van der Waals surface area (Å²) in [4.78, 5) is 11.7. The first kappa shape index (κ1) is 23.4. The number of guanidine groups is 1. The largest absolute Gasteiger partial charge is 0.357 e. The van der Waals surface area contributed by atoms with Crippen molar-refractivity contribution < 1.29 is 0 Å². The summed E-state index contributed by atoms with van der Waals surface area (Å²) >= 11 is 0. The Balaban J connectivity index is 0.00000272. The van der Waals surface area contributed by atoms with Crippen molar-refractivity contribution >= 4 is 35.6 Å². The molecule has 1 fully saturated rings. The lowest BCUT2D eigenvalue weighted by Crippen LogP contribution is -2.48. The zero-order valence-corrected chi connectivity index (χ0v) is 20.3. The number of aliphatic imine (C=N–C) groups is 1. The van der Waals surface area contributed by atoms with Gasteiger partial charge in [0, 0.05) is 57.6 Å². The fraction of sp³-hybridized carbons (Fsp3) is 0.455. The SMILES string of the molecule is CCNC(=NCCc1nnc2ccccn12)NC1CCN(Cc2ccccn2)CC1.I. The highest BCUT2D eigenvalue weighted by Gasteiger charge is 2.20. The Morgan fingerprint density at radius 1 is 1.13 bits per heavy atom. The molecule has 3 aromatic heterocycles. The third kappa shape index (κ3) is 6.60. The molecule has 0 saturated carbocycles. The molecule has 4 heterocycles. The number of hydrogen-bond acceptors (Lipinski definition) is 5. The van der Waals surface area contributed by atoms with Crippen molar-refractivity contribution in [2.75, 3.05) is 26.2 Å². The first-order chi connectivity index (χ1) is 14.8. The fourth-order valence-electron chi connectivity index (χ4n) is 3.80. The van der Waals surface area contributed by atoms with Gasteiger partial charge in [0.15, 0.2) is 11.6 Å². The lowest BCUT2D eigenvalue weighted by atomic mass is 10.0. The van der Waals surface area contributed by atoms with Crippen molar-refractivity contribution in [2.24, 2.45) is 4.99 Å². The first-order valence-corrected chi connectivity index (χ1v) is 10.8. The van der Waals surface area contributed by atoms with E-state index in [1.54, 1.807) is 0 Å². The summed E-state index contributed by atoms with van der Waals surface area (Å²) in [6.07, 6.45) is 6.82. The number of aromatic nitrogens is 4. The first-order valence-electron chi connectivity index (χ1n) is 10.8. The molecular formula is C22H31IN8. The molecule has 1 aliphatic heterocycles. The monoisotopic (exact) mass is 534 g/mol. The Labute approximate surface area is 200 Å². The summed E-state index contributed by atoms with van der Waals surface area (Å²) in [7, 11) is 0. The summed E-state index contributed by atoms with van der Waals surface area (Å²) in [5.41, 5.74) is 2.01. The van der Waals surface area contributed by atoms with E-state index in [-0.39, 0.29) is 24.0 Å². The zero-order valence-electron chi connectivity index (χ0n) is 17.9. The summed E-state index contributed by atoms with van der Waals surface area (Å²) < 4.78 is 2.02. The van der Waals surface area contributed by atoms with Crippen LogP contribution in [0.3, 0.4) is 0 Å². The summed E-state index contributed by atoms with van der Waals surface area (Å²) in [6.45, 7) is 6.67. The minimum atomic E-state index is 0. The molecule has 3 aromatic rings. The molecule has 2 N–H and O–H groups in total. The van der Waals surface area contributed by atoms with Gasteiger partial charge in [-0.15, -0.1) is 34.2 Å². The van der Waals surface area contributed by atoms with Gasteiger partial charge >= 0.3 is 0 Å². The number of hydrogen-bond donors (Lipinski definition) is 2. The second kappa shape index (κ2) is 11.9. The van der Waals surface area contributed by atoms with Gasteiger partial charge in [0.05, 0.1) is 5.69 Å². The number of likely N-dealkylation sites (tertiary alicyclic amines) is 1. The Morgan fingerprint density at radius 2 is 1.97 bits per heavy atom. The number of fused-ring (bicyclic) bond motifs is 1. The Hall–Kier alpha value is -2.27. The van der Waals surface area contributed by atoms with Gasteiger partial charge in [-0.05, 0) is 44.0 Å². The predicted octanol–water partition coefficient (Wildman–Crippen LogP) is 2.50. The van der Waals surface area contributed by atoms with Crippen LogP contribution in [-0.2, 0) is 13.0 Å². The molecule has 0 aromatic carbocycles. The standard InChI is InChI=1S/C22H30N8.HI/c1-2-23-22(25-13-9-21-28-27-20-8-4-6-14-30(20)21)26-18-10-15-29(16-11-18)17-19-7-3-5-12-24-19;/h3-8,12,14,18H,2,9-11,13,15-17H2,1H3,(H2,23,25,26);1H. The van der Waals surface area contributed by atoms with Crippen LogP contribution in [0.4, 0.5) is 0 Å². The van der Waals surface area contributed by atoms with Crippen LogP contribution in [0.5, 0.6) is 0 Å². The van der Waals surface area contributed by atoms with Crippen molar-refractivity contribution in [3.63, 3.8) is 0 Å². The maximum atomic E-state index is 4.77. The van der Waals surface area contributed by atoms with Crippen LogP contribution in [0.25, 0.3) is 5.65 Å². The average molecular weight is 534 g/mol. The Bertz CT molecular complexity index is 950. The molecule has 0 spiro atoms. The van der Waals surface area contributed by atoms with Gasteiger partial charge in [0.25, 0.3) is 0 Å². The van der Waals surface area contributed by atoms with E-state index in [0.29, 0.717) is 12.6 Å². The van der Waals surface area contributed by atoms with Gasteiger partial charge in [0.1, 0.15) is 5.82 Å². The minimum Gasteiger partial charge on any atom is -0.357 e. The number of halogens is 1. The highest BCUT2D eigenvalue weighted by molar-refractivity contribution is 14.0. The molecule has 8 nitrogen and oxygen atoms in total. The van der Waals surface area contributed by atoms with Crippen molar-refractivity contribution in [2.45, 2.75) is 38.8 Å². The molecule has 0 atom stereocenters. The summed E-state index contributed by atoms with van der Waals surface area (Å²) in [5.74, 6) is 1.82. The van der Waals surface area contributed by atoms with Crippen LogP contribution in [0.1, 0.15) is 31.3 Å². The van der Waals surface area contributed by atoms with Crippen LogP contribution in [0.15, 0.2) is 53.8 Å². The second-order valence-electron chi connectivity index (χ2n) is 7.57. The van der Waals surface area contributed by atoms with Gasteiger partial charge in [-0.3, -0.25) is 19.3 Å². The number of nitrogens with zero attached hydrogens (tertiary/aromatic N) is 6. The van der Waals surface area contributed by atoms with Gasteiger partial charge in [-0.25, -0.2) is 0 Å². The quantitative estimate of drug-likeness (QED) is 0.276. The van der Waals surface area contributed by atoms with Gasteiger partial charge in [-0.2, -0.15) is 0 Å². The van der Waals surface area contributed by atoms with Gasteiger partial charge in [0.2, 0.25) is 0 Å². The molecule has 1 saturated heterocycles. The van der Waals surface area contributed by atoms with E-state index in [1.165, 1.54) is 0 Å².